The van der Waals surface area contributed by atoms with Gasteiger partial charge in [0.15, 0.2) is 0 Å². The number of ether oxygens (including phenoxy) is 1. The Hall–Kier alpha value is -3.08. The zero-order valence-electron chi connectivity index (χ0n) is 17.8. The molecule has 1 aromatic carbocycles. The molecule has 8 nitrogen and oxygen atoms in total. The van der Waals surface area contributed by atoms with Crippen LogP contribution in [0, 0.1) is 0 Å². The van der Waals surface area contributed by atoms with E-state index in [1.165, 1.54) is 23.1 Å². The first-order chi connectivity index (χ1) is 15.3. The molecule has 1 aromatic heterocycles. The summed E-state index contributed by atoms with van der Waals surface area (Å²) in [5.74, 6) is 0.687. The van der Waals surface area contributed by atoms with Crippen molar-refractivity contribution in [3.05, 3.63) is 42.2 Å². The van der Waals surface area contributed by atoms with Crippen LogP contribution >= 0.6 is 0 Å². The molecule has 172 valence electrons. The van der Waals surface area contributed by atoms with E-state index in [1.807, 2.05) is 6.07 Å². The second-order valence-corrected chi connectivity index (χ2v) is 7.85. The normalized spacial score (nSPS) is 18.1. The van der Waals surface area contributed by atoms with Crippen LogP contribution in [0.5, 0.6) is 5.75 Å². The Morgan fingerprint density at radius 1 is 0.906 bits per heavy atom. The summed E-state index contributed by atoms with van der Waals surface area (Å²) >= 11 is 0. The Balaban J connectivity index is 1.40. The van der Waals surface area contributed by atoms with Gasteiger partial charge in [-0.3, -0.25) is 4.79 Å². The molecule has 0 bridgehead atoms. The van der Waals surface area contributed by atoms with Crippen LogP contribution in [0.2, 0.25) is 0 Å². The molecule has 0 unspecified atom stereocenters. The topological polar surface area (TPSA) is 65.0 Å². The molecule has 0 saturated carbocycles. The van der Waals surface area contributed by atoms with Gasteiger partial charge in [0.05, 0.1) is 5.56 Å². The van der Waals surface area contributed by atoms with Crippen LogP contribution in [-0.4, -0.2) is 91.4 Å². The molecular formula is C21H25F3N6O2. The summed E-state index contributed by atoms with van der Waals surface area (Å²) in [4.78, 5) is 29.7. The van der Waals surface area contributed by atoms with Crippen LogP contribution in [0.3, 0.4) is 0 Å². The first-order valence-corrected chi connectivity index (χ1v) is 10.4. The summed E-state index contributed by atoms with van der Waals surface area (Å²) in [5, 5.41) is 0. The summed E-state index contributed by atoms with van der Waals surface area (Å²) in [6.45, 7) is 5.52. The number of benzene rings is 1. The van der Waals surface area contributed by atoms with E-state index in [2.05, 4.69) is 36.5 Å². The molecule has 0 spiro atoms. The molecule has 11 heteroatoms. The molecule has 0 atom stereocenters. The maximum Gasteiger partial charge on any atom is 0.573 e. The van der Waals surface area contributed by atoms with Gasteiger partial charge in [0.25, 0.3) is 5.91 Å². The van der Waals surface area contributed by atoms with Crippen molar-refractivity contribution in [3.63, 3.8) is 0 Å². The predicted octanol–water partition coefficient (Wildman–Crippen LogP) is 2.09. The molecule has 4 rings (SSSR count). The van der Waals surface area contributed by atoms with Crippen molar-refractivity contribution in [1.82, 2.24) is 19.8 Å². The van der Waals surface area contributed by atoms with Gasteiger partial charge in [0, 0.05) is 58.4 Å². The lowest BCUT2D eigenvalue weighted by Gasteiger charge is -2.36. The first kappa shape index (κ1) is 22.1. The summed E-state index contributed by atoms with van der Waals surface area (Å²) in [6, 6.07) is 7.38. The molecule has 2 fully saturated rings. The Labute approximate surface area is 184 Å². The van der Waals surface area contributed by atoms with Crippen molar-refractivity contribution >= 4 is 17.5 Å². The molecule has 32 heavy (non-hydrogen) atoms. The fourth-order valence-electron chi connectivity index (χ4n) is 3.88. The van der Waals surface area contributed by atoms with Gasteiger partial charge in [-0.2, -0.15) is 0 Å². The standard InChI is InChI=1S/C21H25F3N6O2/c1-27-6-8-28(9-7-27)18-14-19(26-15-25-18)29-10-12-30(13-11-29)20(31)16-4-2-3-5-17(16)32-21(22,23)24/h2-5,14-15H,6-13H2,1H3. The van der Waals surface area contributed by atoms with E-state index in [0.717, 1.165) is 43.9 Å². The summed E-state index contributed by atoms with van der Waals surface area (Å²) in [6.07, 6.45) is -3.31. The summed E-state index contributed by atoms with van der Waals surface area (Å²) in [5.41, 5.74) is -0.0994. The van der Waals surface area contributed by atoms with Crippen molar-refractivity contribution in [2.75, 3.05) is 69.2 Å². The van der Waals surface area contributed by atoms with E-state index in [0.29, 0.717) is 26.2 Å². The minimum absolute atomic E-state index is 0.0994. The number of halogens is 3. The first-order valence-electron chi connectivity index (χ1n) is 10.4. The lowest BCUT2D eigenvalue weighted by molar-refractivity contribution is -0.274. The molecule has 2 saturated heterocycles. The van der Waals surface area contributed by atoms with Crippen LogP contribution < -0.4 is 14.5 Å². The number of carbonyl (C=O) groups excluding carboxylic acids is 1. The largest absolute Gasteiger partial charge is 0.573 e. The smallest absolute Gasteiger partial charge is 0.405 e. The fraction of sp³-hybridized carbons (Fsp3) is 0.476. The van der Waals surface area contributed by atoms with Crippen molar-refractivity contribution in [2.24, 2.45) is 0 Å². The second kappa shape index (κ2) is 9.19. The van der Waals surface area contributed by atoms with Crippen LogP contribution in [0.25, 0.3) is 0 Å². The van der Waals surface area contributed by atoms with Gasteiger partial charge in [-0.15, -0.1) is 13.2 Å². The highest BCUT2D eigenvalue weighted by Crippen LogP contribution is 2.28. The molecule has 2 aliphatic heterocycles. The maximum atomic E-state index is 12.9. The Morgan fingerprint density at radius 3 is 2.06 bits per heavy atom. The lowest BCUT2D eigenvalue weighted by atomic mass is 10.1. The summed E-state index contributed by atoms with van der Waals surface area (Å²) in [7, 11) is 2.09. The van der Waals surface area contributed by atoms with Crippen LogP contribution in [0.1, 0.15) is 10.4 Å². The van der Waals surface area contributed by atoms with Crippen molar-refractivity contribution in [1.29, 1.82) is 0 Å². The highest BCUT2D eigenvalue weighted by atomic mass is 19.4. The van der Waals surface area contributed by atoms with Gasteiger partial charge >= 0.3 is 6.36 Å². The van der Waals surface area contributed by atoms with Crippen LogP contribution in [0.15, 0.2) is 36.7 Å². The van der Waals surface area contributed by atoms with E-state index in [-0.39, 0.29) is 5.56 Å². The highest BCUT2D eigenvalue weighted by Gasteiger charge is 2.34. The van der Waals surface area contributed by atoms with E-state index in [4.69, 9.17) is 0 Å². The molecule has 0 aliphatic carbocycles. The number of anilines is 2. The number of hydrogen-bond donors (Lipinski definition) is 0. The number of aromatic nitrogens is 2. The van der Waals surface area contributed by atoms with E-state index in [1.54, 1.807) is 6.33 Å². The summed E-state index contributed by atoms with van der Waals surface area (Å²) < 4.78 is 42.1. The number of para-hydroxylation sites is 1. The fourth-order valence-corrected chi connectivity index (χ4v) is 3.88. The Bertz CT molecular complexity index is 941. The number of carbonyl (C=O) groups is 1. The maximum absolute atomic E-state index is 12.9. The minimum Gasteiger partial charge on any atom is -0.405 e. The Kier molecular flexibility index (Phi) is 6.35. The van der Waals surface area contributed by atoms with Gasteiger partial charge in [-0.05, 0) is 19.2 Å². The van der Waals surface area contributed by atoms with Crippen molar-refractivity contribution in [2.45, 2.75) is 6.36 Å². The number of likely N-dealkylation sites (N-methyl/N-ethyl adjacent to an activating group) is 1. The molecule has 1 amide bonds. The van der Waals surface area contributed by atoms with E-state index < -0.39 is 18.0 Å². The zero-order chi connectivity index (χ0) is 22.7. The number of alkyl halides is 3. The van der Waals surface area contributed by atoms with Gasteiger partial charge in [0.1, 0.15) is 23.7 Å². The number of amides is 1. The molecular weight excluding hydrogens is 425 g/mol. The van der Waals surface area contributed by atoms with Crippen LogP contribution in [-0.2, 0) is 0 Å². The molecule has 2 aliphatic rings. The number of nitrogens with zero attached hydrogens (tertiary/aromatic N) is 6. The van der Waals surface area contributed by atoms with Gasteiger partial charge in [-0.25, -0.2) is 9.97 Å². The highest BCUT2D eigenvalue weighted by molar-refractivity contribution is 5.97. The Morgan fingerprint density at radius 2 is 1.47 bits per heavy atom. The van der Waals surface area contributed by atoms with E-state index >= 15 is 0 Å². The monoisotopic (exact) mass is 450 g/mol. The number of rotatable bonds is 4. The molecule has 0 radical (unpaired) electrons. The van der Waals surface area contributed by atoms with Gasteiger partial charge < -0.3 is 24.3 Å². The van der Waals surface area contributed by atoms with Gasteiger partial charge in [0.2, 0.25) is 0 Å². The average molecular weight is 450 g/mol. The van der Waals surface area contributed by atoms with E-state index in [9.17, 15) is 18.0 Å². The third-order valence-electron chi connectivity index (χ3n) is 5.70. The van der Waals surface area contributed by atoms with Gasteiger partial charge in [-0.1, -0.05) is 12.1 Å². The molecule has 2 aromatic rings. The van der Waals surface area contributed by atoms with Crippen LogP contribution in [0.4, 0.5) is 24.8 Å². The zero-order valence-corrected chi connectivity index (χ0v) is 17.8. The quantitative estimate of drug-likeness (QED) is 0.707. The SMILES string of the molecule is CN1CCN(c2cc(N3CCN(C(=O)c4ccccc4OC(F)(F)F)CC3)ncn2)CC1. The number of piperazine rings is 2. The average Bonchev–Trinajstić information content (AvgIpc) is 2.79. The lowest BCUT2D eigenvalue weighted by Crippen LogP contribution is -2.49. The van der Waals surface area contributed by atoms with Crippen molar-refractivity contribution in [3.8, 4) is 5.75 Å². The third-order valence-corrected chi connectivity index (χ3v) is 5.70. The second-order valence-electron chi connectivity index (χ2n) is 7.85. The molecule has 0 N–H and O–H groups in total. The third kappa shape index (κ3) is 5.21. The minimum atomic E-state index is -4.86. The molecule has 3 heterocycles. The predicted molar refractivity (Wildman–Crippen MR) is 113 cm³/mol. The number of hydrogen-bond acceptors (Lipinski definition) is 7. The van der Waals surface area contributed by atoms with Crippen molar-refractivity contribution < 1.29 is 22.7 Å².